The summed E-state index contributed by atoms with van der Waals surface area (Å²) in [6.07, 6.45) is -0.593. The van der Waals surface area contributed by atoms with E-state index in [1.807, 2.05) is 13.8 Å². The molecule has 1 aliphatic heterocycles. The molecule has 17 heavy (non-hydrogen) atoms. The topological polar surface area (TPSA) is 32.8 Å². The normalized spacial score (nSPS) is 22.3. The van der Waals surface area contributed by atoms with E-state index in [0.29, 0.717) is 13.1 Å². The van der Waals surface area contributed by atoms with Crippen LogP contribution in [0.2, 0.25) is 0 Å². The third-order valence-corrected chi connectivity index (χ3v) is 3.01. The summed E-state index contributed by atoms with van der Waals surface area (Å²) in [5.41, 5.74) is 0.858. The maximum absolute atomic E-state index is 12.7. The molecule has 1 fully saturated rings. The molecule has 1 aromatic carbocycles. The summed E-state index contributed by atoms with van der Waals surface area (Å²) in [6.45, 7) is 5.25. The first-order chi connectivity index (χ1) is 8.17. The Labute approximate surface area is 100 Å². The van der Waals surface area contributed by atoms with Crippen molar-refractivity contribution in [2.75, 3.05) is 13.1 Å². The summed E-state index contributed by atoms with van der Waals surface area (Å²) >= 11 is 0. The van der Waals surface area contributed by atoms with Crippen molar-refractivity contribution in [1.82, 2.24) is 4.90 Å². The van der Waals surface area contributed by atoms with Gasteiger partial charge in [-0.05, 0) is 31.5 Å². The van der Waals surface area contributed by atoms with Gasteiger partial charge in [-0.1, -0.05) is 12.1 Å². The van der Waals surface area contributed by atoms with Gasteiger partial charge in [-0.2, -0.15) is 0 Å². The first kappa shape index (κ1) is 12.0. The van der Waals surface area contributed by atoms with Crippen LogP contribution in [0.15, 0.2) is 24.3 Å². The van der Waals surface area contributed by atoms with E-state index in [2.05, 4.69) is 0 Å². The fourth-order valence-electron chi connectivity index (χ4n) is 1.92. The highest BCUT2D eigenvalue weighted by Gasteiger charge is 2.47. The zero-order chi connectivity index (χ0) is 12.4. The van der Waals surface area contributed by atoms with Crippen LogP contribution in [0.25, 0.3) is 0 Å². The van der Waals surface area contributed by atoms with Crippen molar-refractivity contribution in [3.05, 3.63) is 35.6 Å². The van der Waals surface area contributed by atoms with Gasteiger partial charge in [-0.3, -0.25) is 4.79 Å². The second kappa shape index (κ2) is 4.84. The van der Waals surface area contributed by atoms with E-state index in [9.17, 15) is 9.18 Å². The third kappa shape index (κ3) is 2.47. The smallest absolute Gasteiger partial charge is 0.254 e. The number of ether oxygens (including phenoxy) is 1. The van der Waals surface area contributed by atoms with Gasteiger partial charge < -0.3 is 9.64 Å². The molecule has 0 unspecified atom stereocenters. The van der Waals surface area contributed by atoms with Crippen molar-refractivity contribution in [3.63, 3.8) is 0 Å². The number of epoxide rings is 1. The fraction of sp³-hybridized carbons (Fsp3) is 0.462. The lowest BCUT2D eigenvalue weighted by atomic mass is 10.1. The molecule has 1 amide bonds. The van der Waals surface area contributed by atoms with Crippen LogP contribution in [-0.4, -0.2) is 30.0 Å². The van der Waals surface area contributed by atoms with Crippen molar-refractivity contribution in [2.24, 2.45) is 0 Å². The van der Waals surface area contributed by atoms with E-state index in [4.69, 9.17) is 4.74 Å². The molecule has 1 saturated heterocycles. The molecule has 2 rings (SSSR count). The Morgan fingerprint density at radius 1 is 1.29 bits per heavy atom. The molecule has 3 nitrogen and oxygen atoms in total. The van der Waals surface area contributed by atoms with E-state index in [1.54, 1.807) is 17.0 Å². The van der Waals surface area contributed by atoms with E-state index in [-0.39, 0.29) is 23.9 Å². The zero-order valence-corrected chi connectivity index (χ0v) is 10.0. The maximum Gasteiger partial charge on any atom is 0.254 e. The second-order valence-corrected chi connectivity index (χ2v) is 4.04. The SMILES string of the molecule is CCN(CC)C(=O)[C@@H]1O[C@@H]1c1ccc(F)cc1. The van der Waals surface area contributed by atoms with Crippen LogP contribution in [0.5, 0.6) is 0 Å². The molecule has 1 aliphatic rings. The number of hydrogen-bond acceptors (Lipinski definition) is 2. The highest BCUT2D eigenvalue weighted by Crippen LogP contribution is 2.39. The molecule has 0 saturated carbocycles. The minimum atomic E-state index is -0.389. The zero-order valence-electron chi connectivity index (χ0n) is 10.0. The number of halogens is 1. The van der Waals surface area contributed by atoms with E-state index >= 15 is 0 Å². The summed E-state index contributed by atoms with van der Waals surface area (Å²) in [7, 11) is 0. The predicted octanol–water partition coefficient (Wildman–Crippen LogP) is 2.13. The number of rotatable bonds is 4. The Kier molecular flexibility index (Phi) is 3.43. The van der Waals surface area contributed by atoms with Gasteiger partial charge in [-0.15, -0.1) is 0 Å². The summed E-state index contributed by atoms with van der Waals surface area (Å²) < 4.78 is 18.1. The lowest BCUT2D eigenvalue weighted by Crippen LogP contribution is -2.34. The van der Waals surface area contributed by atoms with Gasteiger partial charge >= 0.3 is 0 Å². The molecule has 0 bridgehead atoms. The maximum atomic E-state index is 12.7. The largest absolute Gasteiger partial charge is 0.354 e. The van der Waals surface area contributed by atoms with Crippen LogP contribution in [0.1, 0.15) is 25.5 Å². The Morgan fingerprint density at radius 2 is 1.88 bits per heavy atom. The number of likely N-dealkylation sites (N-methyl/N-ethyl adjacent to an activating group) is 1. The van der Waals surface area contributed by atoms with Crippen LogP contribution < -0.4 is 0 Å². The number of hydrogen-bond donors (Lipinski definition) is 0. The Hall–Kier alpha value is -1.42. The van der Waals surface area contributed by atoms with Crippen molar-refractivity contribution in [1.29, 1.82) is 0 Å². The van der Waals surface area contributed by atoms with Gasteiger partial charge in [0.15, 0.2) is 6.10 Å². The van der Waals surface area contributed by atoms with Crippen molar-refractivity contribution in [2.45, 2.75) is 26.1 Å². The van der Waals surface area contributed by atoms with E-state index in [1.165, 1.54) is 12.1 Å². The highest BCUT2D eigenvalue weighted by molar-refractivity contribution is 5.84. The number of nitrogens with zero attached hydrogens (tertiary/aromatic N) is 1. The lowest BCUT2D eigenvalue weighted by Gasteiger charge is -2.16. The van der Waals surface area contributed by atoms with E-state index in [0.717, 1.165) is 5.56 Å². The van der Waals surface area contributed by atoms with Gasteiger partial charge in [-0.25, -0.2) is 4.39 Å². The van der Waals surface area contributed by atoms with Crippen LogP contribution in [-0.2, 0) is 9.53 Å². The number of carbonyl (C=O) groups is 1. The van der Waals surface area contributed by atoms with Crippen LogP contribution >= 0.6 is 0 Å². The minimum Gasteiger partial charge on any atom is -0.354 e. The monoisotopic (exact) mass is 237 g/mol. The molecule has 0 aliphatic carbocycles. The number of amides is 1. The number of carbonyl (C=O) groups excluding carboxylic acids is 1. The average molecular weight is 237 g/mol. The van der Waals surface area contributed by atoms with Gasteiger partial charge in [0.2, 0.25) is 0 Å². The molecule has 0 radical (unpaired) electrons. The molecule has 0 N–H and O–H groups in total. The Bertz CT molecular complexity index is 400. The van der Waals surface area contributed by atoms with Crippen molar-refractivity contribution in [3.8, 4) is 0 Å². The van der Waals surface area contributed by atoms with Gasteiger partial charge in [0.1, 0.15) is 11.9 Å². The number of benzene rings is 1. The average Bonchev–Trinajstić information content (AvgIpc) is 3.11. The van der Waals surface area contributed by atoms with Crippen LogP contribution in [0.4, 0.5) is 4.39 Å². The summed E-state index contributed by atoms with van der Waals surface area (Å²) in [4.78, 5) is 13.7. The van der Waals surface area contributed by atoms with Crippen LogP contribution in [0, 0.1) is 5.82 Å². The summed E-state index contributed by atoms with van der Waals surface area (Å²) in [5.74, 6) is -0.259. The first-order valence-electron chi connectivity index (χ1n) is 5.87. The quantitative estimate of drug-likeness (QED) is 0.751. The van der Waals surface area contributed by atoms with Gasteiger partial charge in [0, 0.05) is 13.1 Å². The standard InChI is InChI=1S/C13H16FNO2/c1-3-15(4-2)13(16)12-11(17-12)9-5-7-10(14)8-6-9/h5-8,11-12H,3-4H2,1-2H3/t11-,12-/m1/s1. The Morgan fingerprint density at radius 3 is 2.41 bits per heavy atom. The van der Waals surface area contributed by atoms with E-state index < -0.39 is 0 Å². The summed E-state index contributed by atoms with van der Waals surface area (Å²) in [5, 5.41) is 0. The first-order valence-corrected chi connectivity index (χ1v) is 5.87. The predicted molar refractivity (Wildman–Crippen MR) is 61.9 cm³/mol. The van der Waals surface area contributed by atoms with Crippen LogP contribution in [0.3, 0.4) is 0 Å². The molecule has 0 aromatic heterocycles. The molecule has 1 aromatic rings. The van der Waals surface area contributed by atoms with Gasteiger partial charge in [0.25, 0.3) is 5.91 Å². The molecular weight excluding hydrogens is 221 g/mol. The van der Waals surface area contributed by atoms with Gasteiger partial charge in [0.05, 0.1) is 0 Å². The highest BCUT2D eigenvalue weighted by atomic mass is 19.1. The minimum absolute atomic E-state index is 0.0179. The fourth-order valence-corrected chi connectivity index (χ4v) is 1.92. The molecule has 0 spiro atoms. The lowest BCUT2D eigenvalue weighted by molar-refractivity contribution is -0.132. The Balaban J connectivity index is 2.00. The summed E-state index contributed by atoms with van der Waals surface area (Å²) in [6, 6.07) is 6.09. The van der Waals surface area contributed by atoms with Crippen molar-refractivity contribution < 1.29 is 13.9 Å². The third-order valence-electron chi connectivity index (χ3n) is 3.01. The molecule has 2 atom stereocenters. The molecule has 1 heterocycles. The molecule has 4 heteroatoms. The molecule has 92 valence electrons. The second-order valence-electron chi connectivity index (χ2n) is 4.04. The molecular formula is C13H16FNO2. The van der Waals surface area contributed by atoms with Crippen molar-refractivity contribution >= 4 is 5.91 Å².